The van der Waals surface area contributed by atoms with Gasteiger partial charge in [-0.25, -0.2) is 4.98 Å². The first-order chi connectivity index (χ1) is 15.5. The van der Waals surface area contributed by atoms with E-state index in [9.17, 15) is 4.79 Å². The van der Waals surface area contributed by atoms with Crippen LogP contribution in [0.15, 0.2) is 54.3 Å². The quantitative estimate of drug-likeness (QED) is 0.171. The first-order valence-corrected chi connectivity index (χ1v) is 11.7. The van der Waals surface area contributed by atoms with Crippen LogP contribution in [0, 0.1) is 6.92 Å². The van der Waals surface area contributed by atoms with E-state index in [1.807, 2.05) is 29.7 Å². The fourth-order valence-corrected chi connectivity index (χ4v) is 4.07. The van der Waals surface area contributed by atoms with Crippen molar-refractivity contribution in [1.29, 1.82) is 0 Å². The number of carbonyl (C=O) groups is 1. The fraction of sp³-hybridized carbons (Fsp3) is 0.273. The number of aryl methyl sites for hydroxylation is 2. The summed E-state index contributed by atoms with van der Waals surface area (Å²) in [7, 11) is 0. The van der Waals surface area contributed by atoms with Crippen molar-refractivity contribution in [2.24, 2.45) is 0 Å². The number of pyridine rings is 1. The smallest absolute Gasteiger partial charge is 0.234 e. The average molecular weight is 492 g/mol. The summed E-state index contributed by atoms with van der Waals surface area (Å²) < 4.78 is 7.81. The van der Waals surface area contributed by atoms with Crippen LogP contribution in [-0.4, -0.2) is 38.0 Å². The molecule has 0 radical (unpaired) electrons. The van der Waals surface area contributed by atoms with E-state index in [2.05, 4.69) is 27.1 Å². The number of nitrogens with one attached hydrogen (secondary N) is 1. The Morgan fingerprint density at radius 1 is 1.31 bits per heavy atom. The van der Waals surface area contributed by atoms with Crippen LogP contribution in [0.25, 0.3) is 0 Å². The second kappa shape index (κ2) is 11.9. The molecule has 10 heteroatoms. The van der Waals surface area contributed by atoms with Gasteiger partial charge in [-0.15, -0.1) is 16.8 Å². The van der Waals surface area contributed by atoms with Gasteiger partial charge in [0.1, 0.15) is 11.6 Å². The topological polar surface area (TPSA) is 81.9 Å². The molecule has 2 heterocycles. The Morgan fingerprint density at radius 3 is 2.91 bits per heavy atom. The van der Waals surface area contributed by atoms with Crippen molar-refractivity contribution in [3.8, 4) is 5.75 Å². The van der Waals surface area contributed by atoms with Crippen LogP contribution in [0.2, 0.25) is 10.2 Å². The molecule has 0 saturated carbocycles. The highest BCUT2D eigenvalue weighted by molar-refractivity contribution is 7.99. The number of allylic oxidation sites excluding steroid dienone is 1. The van der Waals surface area contributed by atoms with Crippen LogP contribution < -0.4 is 10.1 Å². The Hall–Kier alpha value is -2.55. The Kier molecular flexibility index (Phi) is 8.96. The van der Waals surface area contributed by atoms with E-state index in [4.69, 9.17) is 27.9 Å². The van der Waals surface area contributed by atoms with Gasteiger partial charge in [0.2, 0.25) is 5.91 Å². The minimum absolute atomic E-state index is 0.166. The highest BCUT2D eigenvalue weighted by Crippen LogP contribution is 2.23. The van der Waals surface area contributed by atoms with Gasteiger partial charge in [0, 0.05) is 24.2 Å². The Balaban J connectivity index is 1.53. The van der Waals surface area contributed by atoms with Crippen molar-refractivity contribution < 1.29 is 9.53 Å². The van der Waals surface area contributed by atoms with Gasteiger partial charge in [-0.05, 0) is 49.2 Å². The maximum atomic E-state index is 12.3. The molecule has 3 rings (SSSR count). The number of carbonyl (C=O) groups excluding carboxylic acids is 1. The zero-order valence-electron chi connectivity index (χ0n) is 17.6. The molecule has 0 fully saturated rings. The number of benzene rings is 1. The van der Waals surface area contributed by atoms with Crippen LogP contribution in [0.1, 0.15) is 17.8 Å². The molecule has 0 unspecified atom stereocenters. The predicted octanol–water partition coefficient (Wildman–Crippen LogP) is 5.22. The fourth-order valence-electron chi connectivity index (χ4n) is 2.91. The van der Waals surface area contributed by atoms with Crippen LogP contribution in [0.4, 0.5) is 5.69 Å². The standard InChI is InChI=1S/C22H23Cl2N5O2S/c1-3-11-29-19(7-5-12-31-18-9-8-16(23)13-15(18)2)27-28-22(29)32-14-20(30)26-17-6-4-10-25-21(17)24/h3-4,6,8-10,13H,1,5,7,11-12,14H2,2H3,(H,26,30). The monoisotopic (exact) mass is 491 g/mol. The lowest BCUT2D eigenvalue weighted by Gasteiger charge is -2.10. The van der Waals surface area contributed by atoms with Crippen molar-refractivity contribution in [3.63, 3.8) is 0 Å². The lowest BCUT2D eigenvalue weighted by Crippen LogP contribution is -2.15. The number of anilines is 1. The van der Waals surface area contributed by atoms with E-state index in [1.165, 1.54) is 11.8 Å². The number of thioether (sulfide) groups is 1. The molecular weight excluding hydrogens is 469 g/mol. The minimum Gasteiger partial charge on any atom is -0.493 e. The summed E-state index contributed by atoms with van der Waals surface area (Å²) in [5.74, 6) is 1.60. The summed E-state index contributed by atoms with van der Waals surface area (Å²) in [6.07, 6.45) is 4.79. The second-order valence-corrected chi connectivity index (χ2v) is 8.58. The first kappa shape index (κ1) is 24.1. The van der Waals surface area contributed by atoms with Gasteiger partial charge in [-0.2, -0.15) is 0 Å². The lowest BCUT2D eigenvalue weighted by atomic mass is 10.2. The molecule has 1 aromatic carbocycles. The van der Waals surface area contributed by atoms with Crippen molar-refractivity contribution in [3.05, 3.63) is 70.7 Å². The van der Waals surface area contributed by atoms with E-state index in [0.717, 1.165) is 23.6 Å². The van der Waals surface area contributed by atoms with Gasteiger partial charge in [-0.1, -0.05) is 41.0 Å². The van der Waals surface area contributed by atoms with Crippen molar-refractivity contribution in [1.82, 2.24) is 19.7 Å². The molecule has 1 N–H and O–H groups in total. The molecule has 2 aromatic heterocycles. The molecule has 0 atom stereocenters. The number of ether oxygens (including phenoxy) is 1. The third-order valence-electron chi connectivity index (χ3n) is 4.41. The maximum Gasteiger partial charge on any atom is 0.234 e. The number of aromatic nitrogens is 4. The van der Waals surface area contributed by atoms with E-state index >= 15 is 0 Å². The number of hydrogen-bond donors (Lipinski definition) is 1. The number of nitrogens with zero attached hydrogens (tertiary/aromatic N) is 4. The molecule has 0 aliphatic carbocycles. The molecule has 0 aliphatic heterocycles. The van der Waals surface area contributed by atoms with E-state index in [0.29, 0.717) is 35.4 Å². The van der Waals surface area contributed by atoms with Gasteiger partial charge in [0.05, 0.1) is 18.0 Å². The maximum absolute atomic E-state index is 12.3. The highest BCUT2D eigenvalue weighted by atomic mass is 35.5. The van der Waals surface area contributed by atoms with Gasteiger partial charge in [-0.3, -0.25) is 4.79 Å². The molecule has 3 aromatic rings. The summed E-state index contributed by atoms with van der Waals surface area (Å²) in [5, 5.41) is 12.9. The summed E-state index contributed by atoms with van der Waals surface area (Å²) >= 11 is 13.3. The zero-order valence-corrected chi connectivity index (χ0v) is 19.9. The molecule has 0 saturated heterocycles. The molecule has 0 spiro atoms. The molecule has 0 bridgehead atoms. The molecular formula is C22H23Cl2N5O2S. The second-order valence-electron chi connectivity index (χ2n) is 6.84. The van der Waals surface area contributed by atoms with Crippen LogP contribution in [0.3, 0.4) is 0 Å². The van der Waals surface area contributed by atoms with E-state index < -0.39 is 0 Å². The van der Waals surface area contributed by atoms with Crippen LogP contribution >= 0.6 is 35.0 Å². The summed E-state index contributed by atoms with van der Waals surface area (Å²) in [4.78, 5) is 16.2. The number of hydrogen-bond acceptors (Lipinski definition) is 6. The number of rotatable bonds is 11. The first-order valence-electron chi connectivity index (χ1n) is 9.93. The largest absolute Gasteiger partial charge is 0.493 e. The van der Waals surface area contributed by atoms with E-state index in [1.54, 1.807) is 24.4 Å². The van der Waals surface area contributed by atoms with Crippen molar-refractivity contribution in [2.45, 2.75) is 31.5 Å². The van der Waals surface area contributed by atoms with E-state index in [-0.39, 0.29) is 16.8 Å². The van der Waals surface area contributed by atoms with Gasteiger partial charge in [0.15, 0.2) is 10.3 Å². The van der Waals surface area contributed by atoms with Crippen molar-refractivity contribution >= 4 is 46.6 Å². The normalized spacial score (nSPS) is 10.7. The van der Waals surface area contributed by atoms with Crippen LogP contribution in [0.5, 0.6) is 5.75 Å². The summed E-state index contributed by atoms with van der Waals surface area (Å²) in [5.41, 5.74) is 1.47. The molecule has 32 heavy (non-hydrogen) atoms. The van der Waals surface area contributed by atoms with Gasteiger partial charge >= 0.3 is 0 Å². The SMILES string of the molecule is C=CCn1c(CCCOc2ccc(Cl)cc2C)nnc1SCC(=O)Nc1cccnc1Cl. The predicted molar refractivity (Wildman–Crippen MR) is 129 cm³/mol. The highest BCUT2D eigenvalue weighted by Gasteiger charge is 2.14. The number of amides is 1. The average Bonchev–Trinajstić information content (AvgIpc) is 3.14. The molecule has 0 aliphatic rings. The third kappa shape index (κ3) is 6.72. The minimum atomic E-state index is -0.202. The summed E-state index contributed by atoms with van der Waals surface area (Å²) in [6.45, 7) is 6.87. The van der Waals surface area contributed by atoms with Gasteiger partial charge < -0.3 is 14.6 Å². The Morgan fingerprint density at radius 2 is 2.16 bits per heavy atom. The third-order valence-corrected chi connectivity index (χ3v) is 5.91. The Bertz CT molecular complexity index is 1090. The Labute approximate surface area is 201 Å². The molecule has 7 nitrogen and oxygen atoms in total. The lowest BCUT2D eigenvalue weighted by molar-refractivity contribution is -0.113. The summed E-state index contributed by atoms with van der Waals surface area (Å²) in [6, 6.07) is 8.96. The zero-order chi connectivity index (χ0) is 22.9. The van der Waals surface area contributed by atoms with Crippen LogP contribution in [-0.2, 0) is 17.8 Å². The van der Waals surface area contributed by atoms with Gasteiger partial charge in [0.25, 0.3) is 0 Å². The van der Waals surface area contributed by atoms with Crippen molar-refractivity contribution in [2.75, 3.05) is 17.7 Å². The molecule has 168 valence electrons. The molecule has 1 amide bonds. The number of halogens is 2.